The Morgan fingerprint density at radius 2 is 1.57 bits per heavy atom. The van der Waals surface area contributed by atoms with E-state index < -0.39 is 0 Å². The Morgan fingerprint density at radius 3 is 2.28 bits per heavy atom. The van der Waals surface area contributed by atoms with Gasteiger partial charge in [-0.05, 0) is 135 Å². The molecule has 2 aliphatic heterocycles. The molecule has 1 aromatic heterocycles. The molecule has 54 heavy (non-hydrogen) atoms. The van der Waals surface area contributed by atoms with Gasteiger partial charge in [0.05, 0.1) is 30.0 Å². The molecule has 3 heterocycles. The van der Waals surface area contributed by atoms with Crippen molar-refractivity contribution in [2.24, 2.45) is 23.7 Å². The summed E-state index contributed by atoms with van der Waals surface area (Å²) in [7, 11) is 0. The molecule has 1 aromatic rings. The molecule has 0 spiro atoms. The maximum absolute atomic E-state index is 11.2. The molecule has 0 saturated carbocycles. The zero-order valence-electron chi connectivity index (χ0n) is 32.8. The highest BCUT2D eigenvalue weighted by atomic mass is 15.5. The van der Waals surface area contributed by atoms with E-state index in [1.54, 1.807) is 11.1 Å². The van der Waals surface area contributed by atoms with Gasteiger partial charge in [0.25, 0.3) is 0 Å². The Kier molecular flexibility index (Phi) is 8.64. The fourth-order valence-electron chi connectivity index (χ4n) is 11.6. The van der Waals surface area contributed by atoms with Crippen LogP contribution in [0.4, 0.5) is 0 Å². The van der Waals surface area contributed by atoms with Crippen molar-refractivity contribution in [2.75, 3.05) is 0 Å². The molecule has 9 unspecified atom stereocenters. The molecule has 7 aliphatic carbocycles. The van der Waals surface area contributed by atoms with E-state index in [0.29, 0.717) is 29.7 Å². The second kappa shape index (κ2) is 13.6. The van der Waals surface area contributed by atoms with Gasteiger partial charge in [-0.25, -0.2) is 0 Å². The molecule has 0 amide bonds. The van der Waals surface area contributed by atoms with E-state index >= 15 is 0 Å². The normalized spacial score (nSPS) is 35.5. The summed E-state index contributed by atoms with van der Waals surface area (Å²) in [4.78, 5) is 5.48. The van der Waals surface area contributed by atoms with Crippen molar-refractivity contribution in [2.45, 2.75) is 129 Å². The van der Waals surface area contributed by atoms with Crippen LogP contribution in [0.5, 0.6) is 0 Å². The first-order valence-electron chi connectivity index (χ1n) is 21.3. The van der Waals surface area contributed by atoms with Crippen LogP contribution in [0.2, 0.25) is 0 Å². The first-order valence-corrected chi connectivity index (χ1v) is 21.3. The molecular formula is C49H57N5. The SMILES string of the molecule is CC1=CC2=C(CC1)N(C1=C(C#N)C=C(C3NC(C4=CCCC=C4)N3C3CC=CCC3)C(n3c4c(c5c3C=CC(C)C5)CC(C)C=C4)C1)C1C=CC(C)CC21. The van der Waals surface area contributed by atoms with Crippen LogP contribution in [-0.4, -0.2) is 38.8 Å². The highest BCUT2D eigenvalue weighted by Crippen LogP contribution is 2.53. The lowest BCUT2D eigenvalue weighted by atomic mass is 9.79. The summed E-state index contributed by atoms with van der Waals surface area (Å²) in [5.41, 5.74) is 15.3. The third kappa shape index (κ3) is 5.54. The van der Waals surface area contributed by atoms with Gasteiger partial charge in [-0.2, -0.15) is 5.26 Å². The Bertz CT molecular complexity index is 2070. The van der Waals surface area contributed by atoms with E-state index in [-0.39, 0.29) is 24.4 Å². The molecule has 278 valence electrons. The second-order valence-corrected chi connectivity index (χ2v) is 18.0. The largest absolute Gasteiger partial charge is 0.340 e. The fourth-order valence-corrected chi connectivity index (χ4v) is 11.6. The first kappa shape index (κ1) is 34.4. The van der Waals surface area contributed by atoms with Crippen LogP contribution >= 0.6 is 0 Å². The Labute approximate surface area is 323 Å². The van der Waals surface area contributed by atoms with E-state index in [4.69, 9.17) is 0 Å². The van der Waals surface area contributed by atoms with Crippen molar-refractivity contribution in [1.82, 2.24) is 19.7 Å². The summed E-state index contributed by atoms with van der Waals surface area (Å²) in [6.45, 7) is 9.42. The van der Waals surface area contributed by atoms with Gasteiger partial charge in [0.1, 0.15) is 6.07 Å². The Hall–Kier alpha value is -4.11. The molecule has 10 rings (SSSR count). The molecule has 1 N–H and O–H groups in total. The highest BCUT2D eigenvalue weighted by Gasteiger charge is 2.50. The summed E-state index contributed by atoms with van der Waals surface area (Å²) in [5, 5.41) is 15.4. The van der Waals surface area contributed by atoms with Crippen LogP contribution in [0.15, 0.2) is 106 Å². The monoisotopic (exact) mass is 715 g/mol. The van der Waals surface area contributed by atoms with Crippen LogP contribution in [0.25, 0.3) is 12.2 Å². The van der Waals surface area contributed by atoms with Gasteiger partial charge < -0.3 is 9.47 Å². The maximum atomic E-state index is 11.2. The van der Waals surface area contributed by atoms with Crippen molar-refractivity contribution in [3.8, 4) is 6.07 Å². The number of hydrogen-bond donors (Lipinski definition) is 1. The Morgan fingerprint density at radius 1 is 0.778 bits per heavy atom. The second-order valence-electron chi connectivity index (χ2n) is 18.0. The van der Waals surface area contributed by atoms with Crippen molar-refractivity contribution in [1.29, 1.82) is 5.26 Å². The van der Waals surface area contributed by atoms with Gasteiger partial charge in [0.2, 0.25) is 0 Å². The number of nitrogens with one attached hydrogen (secondary N) is 1. The molecule has 0 radical (unpaired) electrons. The van der Waals surface area contributed by atoms with Gasteiger partial charge in [-0.1, -0.05) is 87.1 Å². The fraction of sp³-hybridized carbons (Fsp3) is 0.490. The number of aromatic nitrogens is 1. The third-order valence-corrected chi connectivity index (χ3v) is 14.2. The van der Waals surface area contributed by atoms with E-state index in [1.807, 2.05) is 0 Å². The summed E-state index contributed by atoms with van der Waals surface area (Å²) in [5.74, 6) is 2.13. The molecule has 0 aromatic carbocycles. The molecule has 1 saturated heterocycles. The predicted octanol–water partition coefficient (Wildman–Crippen LogP) is 10.4. The minimum atomic E-state index is 0.0705. The zero-order chi connectivity index (χ0) is 36.7. The molecule has 9 atom stereocenters. The minimum absolute atomic E-state index is 0.0705. The average molecular weight is 716 g/mol. The maximum Gasteiger partial charge on any atom is 0.101 e. The standard InChI is InChI=1S/C49H57N5/c1-30-15-19-42-37(23-30)38-24-31(2)16-20-43(38)53(42)46-28-47(54-44-21-17-32(3)25-39(44)40-26-33(4)18-22-45(40)54)41(27-35(46)29-50)49-51-48(34-11-7-5-8-12-34)52(49)36-13-9-6-10-14-36/h6-7,9,11-12,15,17-19,21-22,24,27,30,32-33,36-37,42,47-49,51H,5,8,10,13-14,16,20,23,25-26,28H2,1-4H3. The van der Waals surface area contributed by atoms with Crippen LogP contribution in [-0.2, 0) is 12.8 Å². The lowest BCUT2D eigenvalue weighted by molar-refractivity contribution is -0.0304. The van der Waals surface area contributed by atoms with Crippen molar-refractivity contribution >= 4 is 12.2 Å². The predicted molar refractivity (Wildman–Crippen MR) is 220 cm³/mol. The molecule has 5 heteroatoms. The van der Waals surface area contributed by atoms with E-state index in [9.17, 15) is 5.26 Å². The lowest BCUT2D eigenvalue weighted by Gasteiger charge is -2.57. The van der Waals surface area contributed by atoms with E-state index in [0.717, 1.165) is 63.4 Å². The topological polar surface area (TPSA) is 47.2 Å². The number of hydrogen-bond acceptors (Lipinski definition) is 4. The number of nitriles is 1. The molecule has 5 nitrogen and oxygen atoms in total. The quantitative estimate of drug-likeness (QED) is 0.308. The molecular weight excluding hydrogens is 659 g/mol. The summed E-state index contributed by atoms with van der Waals surface area (Å²) in [6, 6.07) is 3.66. The van der Waals surface area contributed by atoms with Crippen molar-refractivity contribution in [3.63, 3.8) is 0 Å². The van der Waals surface area contributed by atoms with Crippen LogP contribution < -0.4 is 5.32 Å². The lowest BCUT2D eigenvalue weighted by Crippen LogP contribution is -2.73. The molecule has 9 aliphatic rings. The summed E-state index contributed by atoms with van der Waals surface area (Å²) >= 11 is 0. The van der Waals surface area contributed by atoms with E-state index in [2.05, 4.69) is 132 Å². The number of allylic oxidation sites excluding steroid dienone is 12. The number of rotatable bonds is 5. The molecule has 0 bridgehead atoms. The summed E-state index contributed by atoms with van der Waals surface area (Å²) < 4.78 is 2.75. The van der Waals surface area contributed by atoms with Crippen LogP contribution in [0.3, 0.4) is 0 Å². The van der Waals surface area contributed by atoms with Crippen LogP contribution in [0.1, 0.15) is 114 Å². The minimum Gasteiger partial charge on any atom is -0.340 e. The first-order chi connectivity index (χ1) is 26.4. The number of nitrogens with zero attached hydrogens (tertiary/aromatic N) is 4. The van der Waals surface area contributed by atoms with Crippen molar-refractivity contribution in [3.05, 3.63) is 129 Å². The number of fused-ring (bicyclic) bond motifs is 5. The van der Waals surface area contributed by atoms with Gasteiger partial charge in [-0.3, -0.25) is 10.2 Å². The third-order valence-electron chi connectivity index (χ3n) is 14.2. The molecule has 1 fully saturated rings. The van der Waals surface area contributed by atoms with Gasteiger partial charge in [0.15, 0.2) is 0 Å². The van der Waals surface area contributed by atoms with Gasteiger partial charge in [-0.15, -0.1) is 0 Å². The highest BCUT2D eigenvalue weighted by molar-refractivity contribution is 5.68. The van der Waals surface area contributed by atoms with Gasteiger partial charge in [0, 0.05) is 41.2 Å². The van der Waals surface area contributed by atoms with Crippen LogP contribution in [0, 0.1) is 35.0 Å². The van der Waals surface area contributed by atoms with Crippen molar-refractivity contribution < 1.29 is 0 Å². The zero-order valence-corrected chi connectivity index (χ0v) is 32.8. The van der Waals surface area contributed by atoms with Gasteiger partial charge >= 0.3 is 0 Å². The summed E-state index contributed by atoms with van der Waals surface area (Å²) in [6.07, 6.45) is 43.8. The average Bonchev–Trinajstić information content (AvgIpc) is 3.66. The smallest absolute Gasteiger partial charge is 0.101 e. The Balaban J connectivity index is 1.15. The van der Waals surface area contributed by atoms with E-state index in [1.165, 1.54) is 57.9 Å².